The van der Waals surface area contributed by atoms with E-state index < -0.39 is 0 Å². The molecule has 0 atom stereocenters. The quantitative estimate of drug-likeness (QED) is 0.941. The van der Waals surface area contributed by atoms with E-state index in [1.54, 1.807) is 7.11 Å². The van der Waals surface area contributed by atoms with Gasteiger partial charge in [-0.25, -0.2) is 4.98 Å². The van der Waals surface area contributed by atoms with E-state index in [-0.39, 0.29) is 11.5 Å². The minimum absolute atomic E-state index is 0.123. The van der Waals surface area contributed by atoms with Gasteiger partial charge in [0.05, 0.1) is 12.8 Å². The number of methoxy groups -OCH3 is 1. The Morgan fingerprint density at radius 1 is 1.45 bits per heavy atom. The molecule has 1 aliphatic heterocycles. The van der Waals surface area contributed by atoms with Crippen LogP contribution in [0.1, 0.15) is 26.3 Å². The van der Waals surface area contributed by atoms with Crippen LogP contribution in [0.2, 0.25) is 0 Å². The first-order chi connectivity index (χ1) is 10.4. The third-order valence-electron chi connectivity index (χ3n) is 3.43. The maximum atomic E-state index is 11.1. The summed E-state index contributed by atoms with van der Waals surface area (Å²) in [5, 5.41) is 5.22. The van der Waals surface area contributed by atoms with Gasteiger partial charge in [-0.05, 0) is 26.0 Å². The molecular formula is C16H18N2O3S. The SMILES string of the molecule is COc1cc(-c2csc(NC(C)=O)n2)cc2c1OC(C)(C)C2. The summed E-state index contributed by atoms with van der Waals surface area (Å²) in [6.45, 7) is 5.59. The van der Waals surface area contributed by atoms with E-state index in [0.29, 0.717) is 10.9 Å². The maximum Gasteiger partial charge on any atom is 0.223 e. The maximum absolute atomic E-state index is 11.1. The van der Waals surface area contributed by atoms with E-state index in [1.165, 1.54) is 18.3 Å². The van der Waals surface area contributed by atoms with Gasteiger partial charge in [0.1, 0.15) is 5.60 Å². The number of fused-ring (bicyclic) bond motifs is 1. The Hall–Kier alpha value is -2.08. The highest BCUT2D eigenvalue weighted by Crippen LogP contribution is 2.44. The zero-order chi connectivity index (χ0) is 15.9. The molecule has 2 heterocycles. The molecule has 6 heteroatoms. The predicted octanol–water partition coefficient (Wildman–Crippen LogP) is 3.49. The minimum atomic E-state index is -0.225. The van der Waals surface area contributed by atoms with Crippen molar-refractivity contribution in [3.05, 3.63) is 23.1 Å². The lowest BCUT2D eigenvalue weighted by molar-refractivity contribution is -0.114. The predicted molar refractivity (Wildman–Crippen MR) is 86.8 cm³/mol. The lowest BCUT2D eigenvalue weighted by atomic mass is 9.99. The number of hydrogen-bond donors (Lipinski definition) is 1. The van der Waals surface area contributed by atoms with E-state index in [4.69, 9.17) is 9.47 Å². The number of hydrogen-bond acceptors (Lipinski definition) is 5. The first kappa shape index (κ1) is 14.8. The van der Waals surface area contributed by atoms with E-state index in [2.05, 4.69) is 30.2 Å². The van der Waals surface area contributed by atoms with Gasteiger partial charge in [-0.1, -0.05) is 0 Å². The van der Waals surface area contributed by atoms with Crippen LogP contribution in [0.3, 0.4) is 0 Å². The molecule has 0 unspecified atom stereocenters. The van der Waals surface area contributed by atoms with Crippen LogP contribution < -0.4 is 14.8 Å². The molecule has 1 aromatic heterocycles. The van der Waals surface area contributed by atoms with Crippen molar-refractivity contribution in [2.75, 3.05) is 12.4 Å². The van der Waals surface area contributed by atoms with Gasteiger partial charge in [-0.3, -0.25) is 4.79 Å². The number of carbonyl (C=O) groups is 1. The molecule has 1 aromatic carbocycles. The van der Waals surface area contributed by atoms with Crippen LogP contribution in [0, 0.1) is 0 Å². The van der Waals surface area contributed by atoms with E-state index in [9.17, 15) is 4.79 Å². The molecule has 0 aliphatic carbocycles. The average molecular weight is 318 g/mol. The number of thiazole rings is 1. The third-order valence-corrected chi connectivity index (χ3v) is 4.19. The van der Waals surface area contributed by atoms with Crippen molar-refractivity contribution in [1.82, 2.24) is 4.98 Å². The summed E-state index contributed by atoms with van der Waals surface area (Å²) in [4.78, 5) is 15.6. The summed E-state index contributed by atoms with van der Waals surface area (Å²) in [5.41, 5.74) is 2.68. The fourth-order valence-electron chi connectivity index (χ4n) is 2.59. The van der Waals surface area contributed by atoms with Gasteiger partial charge in [0, 0.05) is 29.9 Å². The summed E-state index contributed by atoms with van der Waals surface area (Å²) in [5.74, 6) is 1.41. The van der Waals surface area contributed by atoms with Gasteiger partial charge < -0.3 is 14.8 Å². The number of carbonyl (C=O) groups excluding carboxylic acids is 1. The van der Waals surface area contributed by atoms with Crippen LogP contribution in [0.25, 0.3) is 11.3 Å². The van der Waals surface area contributed by atoms with Crippen LogP contribution in [-0.4, -0.2) is 23.6 Å². The van der Waals surface area contributed by atoms with Crippen LogP contribution in [-0.2, 0) is 11.2 Å². The second kappa shape index (κ2) is 5.28. The molecule has 1 N–H and O–H groups in total. The second-order valence-electron chi connectivity index (χ2n) is 5.92. The highest BCUT2D eigenvalue weighted by atomic mass is 32.1. The molecule has 2 aromatic rings. The number of ether oxygens (including phenoxy) is 2. The Labute approximate surface area is 133 Å². The molecule has 0 bridgehead atoms. The van der Waals surface area contributed by atoms with Gasteiger partial charge in [0.25, 0.3) is 0 Å². The van der Waals surface area contributed by atoms with Crippen LogP contribution in [0.4, 0.5) is 5.13 Å². The fourth-order valence-corrected chi connectivity index (χ4v) is 3.36. The average Bonchev–Trinajstić information content (AvgIpc) is 2.99. The molecule has 116 valence electrons. The van der Waals surface area contributed by atoms with Crippen molar-refractivity contribution in [3.63, 3.8) is 0 Å². The zero-order valence-electron chi connectivity index (χ0n) is 13.0. The van der Waals surface area contributed by atoms with Gasteiger partial charge in [0.15, 0.2) is 16.6 Å². The molecule has 1 amide bonds. The topological polar surface area (TPSA) is 60.5 Å². The van der Waals surface area contributed by atoms with Crippen molar-refractivity contribution in [2.45, 2.75) is 32.8 Å². The first-order valence-electron chi connectivity index (χ1n) is 7.01. The summed E-state index contributed by atoms with van der Waals surface area (Å²) in [6, 6.07) is 4.01. The zero-order valence-corrected chi connectivity index (χ0v) is 13.8. The first-order valence-corrected chi connectivity index (χ1v) is 7.89. The van der Waals surface area contributed by atoms with Crippen LogP contribution >= 0.6 is 11.3 Å². The molecule has 0 saturated heterocycles. The Morgan fingerprint density at radius 3 is 2.91 bits per heavy atom. The Kier molecular flexibility index (Phi) is 3.56. The molecule has 1 aliphatic rings. The van der Waals surface area contributed by atoms with Gasteiger partial charge >= 0.3 is 0 Å². The highest BCUT2D eigenvalue weighted by molar-refractivity contribution is 7.14. The summed E-state index contributed by atoms with van der Waals surface area (Å²) in [6.07, 6.45) is 0.829. The molecule has 0 saturated carbocycles. The standard InChI is InChI=1S/C16H18N2O3S/c1-9(19)17-15-18-12(8-22-15)10-5-11-7-16(2,3)21-14(11)13(6-10)20-4/h5-6,8H,7H2,1-4H3,(H,17,18,19). The number of benzene rings is 1. The van der Waals surface area contributed by atoms with Crippen LogP contribution in [0.5, 0.6) is 11.5 Å². The number of rotatable bonds is 3. The van der Waals surface area contributed by atoms with Crippen molar-refractivity contribution in [1.29, 1.82) is 0 Å². The molecule has 0 spiro atoms. The molecule has 0 fully saturated rings. The minimum Gasteiger partial charge on any atom is -0.493 e. The van der Waals surface area contributed by atoms with Crippen molar-refractivity contribution < 1.29 is 14.3 Å². The van der Waals surface area contributed by atoms with E-state index in [1.807, 2.05) is 11.4 Å². The largest absolute Gasteiger partial charge is 0.493 e. The highest BCUT2D eigenvalue weighted by Gasteiger charge is 2.33. The smallest absolute Gasteiger partial charge is 0.223 e. The second-order valence-corrected chi connectivity index (χ2v) is 6.78. The van der Waals surface area contributed by atoms with Gasteiger partial charge in [0.2, 0.25) is 5.91 Å². The number of nitrogens with zero attached hydrogens (tertiary/aromatic N) is 1. The summed E-state index contributed by atoms with van der Waals surface area (Å²) >= 11 is 1.40. The van der Waals surface area contributed by atoms with Gasteiger partial charge in [-0.15, -0.1) is 11.3 Å². The lowest BCUT2D eigenvalue weighted by Crippen LogP contribution is -2.24. The van der Waals surface area contributed by atoms with Crippen LogP contribution in [0.15, 0.2) is 17.5 Å². The molecule has 22 heavy (non-hydrogen) atoms. The summed E-state index contributed by atoms with van der Waals surface area (Å²) in [7, 11) is 1.64. The Morgan fingerprint density at radius 2 is 2.23 bits per heavy atom. The van der Waals surface area contributed by atoms with Crippen molar-refractivity contribution >= 4 is 22.4 Å². The summed E-state index contributed by atoms with van der Waals surface area (Å²) < 4.78 is 11.4. The van der Waals surface area contributed by atoms with E-state index >= 15 is 0 Å². The Balaban J connectivity index is 1.99. The monoisotopic (exact) mass is 318 g/mol. The van der Waals surface area contributed by atoms with Crippen molar-refractivity contribution in [3.8, 4) is 22.8 Å². The fraction of sp³-hybridized carbons (Fsp3) is 0.375. The van der Waals surface area contributed by atoms with Crippen molar-refractivity contribution in [2.24, 2.45) is 0 Å². The molecule has 3 rings (SSSR count). The number of aromatic nitrogens is 1. The number of anilines is 1. The Bertz CT molecular complexity index is 737. The van der Waals surface area contributed by atoms with E-state index in [0.717, 1.165) is 29.0 Å². The number of amides is 1. The molecule has 5 nitrogen and oxygen atoms in total. The van der Waals surface area contributed by atoms with Gasteiger partial charge in [-0.2, -0.15) is 0 Å². The third kappa shape index (κ3) is 2.78. The number of nitrogens with one attached hydrogen (secondary N) is 1. The normalized spacial score (nSPS) is 15.1. The molecule has 0 radical (unpaired) electrons. The molecular weight excluding hydrogens is 300 g/mol. The lowest BCUT2D eigenvalue weighted by Gasteiger charge is -2.17.